The molecule has 0 spiro atoms. The van der Waals surface area contributed by atoms with Gasteiger partial charge in [-0.1, -0.05) is 77.5 Å². The molecule has 0 radical (unpaired) electrons. The van der Waals surface area contributed by atoms with Crippen LogP contribution in [-0.4, -0.2) is 21.1 Å². The molecule has 5 nitrogen and oxygen atoms in total. The van der Waals surface area contributed by atoms with Crippen LogP contribution in [0.1, 0.15) is 27.0 Å². The summed E-state index contributed by atoms with van der Waals surface area (Å²) < 4.78 is 6.08. The van der Waals surface area contributed by atoms with Crippen LogP contribution < -0.4 is 10.2 Å². The molecule has 0 atom stereocenters. The molecule has 1 fully saturated rings. The standard InChI is InChI=1S/C25H19ClN2O3S2/c1-16-5-4-6-18(13-16)15-31-19-11-9-17(10-12-19)14-22-24(30)28(25(32)33-22)27-23(29)20-7-2-3-8-21(20)26/h2-14H,15H2,1H3,(H,27,29)/b22-14+. The number of carbonyl (C=O) groups is 2. The largest absolute Gasteiger partial charge is 0.489 e. The van der Waals surface area contributed by atoms with Crippen LogP contribution >= 0.6 is 35.6 Å². The molecule has 33 heavy (non-hydrogen) atoms. The molecule has 0 aliphatic carbocycles. The number of nitrogens with one attached hydrogen (secondary N) is 1. The minimum atomic E-state index is -0.506. The zero-order valence-corrected chi connectivity index (χ0v) is 20.0. The average molecular weight is 495 g/mol. The van der Waals surface area contributed by atoms with Crippen molar-refractivity contribution < 1.29 is 14.3 Å². The van der Waals surface area contributed by atoms with Gasteiger partial charge in [0, 0.05) is 0 Å². The SMILES string of the molecule is Cc1cccc(COc2ccc(/C=C3/SC(=S)N(NC(=O)c4ccccc4Cl)C3=O)cc2)c1. The molecule has 1 heterocycles. The van der Waals surface area contributed by atoms with Crippen molar-refractivity contribution in [2.45, 2.75) is 13.5 Å². The number of hydrogen-bond acceptors (Lipinski definition) is 5. The number of hydrogen-bond donors (Lipinski definition) is 1. The van der Waals surface area contributed by atoms with Gasteiger partial charge in [0.1, 0.15) is 12.4 Å². The monoisotopic (exact) mass is 494 g/mol. The number of nitrogens with zero attached hydrogens (tertiary/aromatic N) is 1. The van der Waals surface area contributed by atoms with Crippen LogP contribution in [0, 0.1) is 6.92 Å². The lowest BCUT2D eigenvalue weighted by atomic mass is 10.1. The van der Waals surface area contributed by atoms with Crippen molar-refractivity contribution in [1.29, 1.82) is 0 Å². The van der Waals surface area contributed by atoms with Gasteiger partial charge in [0.25, 0.3) is 11.8 Å². The molecule has 3 aromatic carbocycles. The summed E-state index contributed by atoms with van der Waals surface area (Å²) in [7, 11) is 0. The second-order valence-corrected chi connectivity index (χ2v) is 9.37. The first-order valence-electron chi connectivity index (χ1n) is 10.0. The van der Waals surface area contributed by atoms with Crippen LogP contribution in [0.4, 0.5) is 0 Å². The van der Waals surface area contributed by atoms with Crippen molar-refractivity contribution in [2.24, 2.45) is 0 Å². The topological polar surface area (TPSA) is 58.6 Å². The maximum absolute atomic E-state index is 12.8. The predicted molar refractivity (Wildman–Crippen MR) is 136 cm³/mol. The first-order chi connectivity index (χ1) is 15.9. The molecule has 0 saturated carbocycles. The van der Waals surface area contributed by atoms with Gasteiger partial charge in [-0.15, -0.1) is 0 Å². The Morgan fingerprint density at radius 1 is 1.12 bits per heavy atom. The summed E-state index contributed by atoms with van der Waals surface area (Å²) in [5.41, 5.74) is 5.90. The number of hydrazine groups is 1. The van der Waals surface area contributed by atoms with Crippen LogP contribution in [0.3, 0.4) is 0 Å². The van der Waals surface area contributed by atoms with Gasteiger partial charge in [0.15, 0.2) is 4.32 Å². The Bertz CT molecular complexity index is 1260. The number of aryl methyl sites for hydroxylation is 1. The Hall–Kier alpha value is -3.13. The van der Waals surface area contributed by atoms with E-state index in [9.17, 15) is 9.59 Å². The van der Waals surface area contributed by atoms with E-state index in [1.165, 1.54) is 5.56 Å². The molecule has 0 aromatic heterocycles. The van der Waals surface area contributed by atoms with Gasteiger partial charge in [-0.05, 0) is 60.6 Å². The van der Waals surface area contributed by atoms with E-state index < -0.39 is 11.8 Å². The highest BCUT2D eigenvalue weighted by Crippen LogP contribution is 2.32. The molecule has 4 rings (SSSR count). The average Bonchev–Trinajstić information content (AvgIpc) is 3.06. The van der Waals surface area contributed by atoms with Crippen molar-refractivity contribution in [3.63, 3.8) is 0 Å². The minimum absolute atomic E-state index is 0.241. The summed E-state index contributed by atoms with van der Waals surface area (Å²) >= 11 is 12.5. The van der Waals surface area contributed by atoms with E-state index in [1.54, 1.807) is 30.3 Å². The summed E-state index contributed by atoms with van der Waals surface area (Å²) in [6.07, 6.45) is 1.73. The molecular weight excluding hydrogens is 476 g/mol. The Morgan fingerprint density at radius 2 is 1.88 bits per heavy atom. The maximum Gasteiger partial charge on any atom is 0.285 e. The molecule has 1 N–H and O–H groups in total. The number of amides is 2. The fourth-order valence-corrected chi connectivity index (χ4v) is 4.55. The molecule has 1 aliphatic heterocycles. The summed E-state index contributed by atoms with van der Waals surface area (Å²) in [6, 6.07) is 22.2. The van der Waals surface area contributed by atoms with Gasteiger partial charge < -0.3 is 4.74 Å². The summed E-state index contributed by atoms with van der Waals surface area (Å²) in [5, 5.41) is 1.36. The second-order valence-electron chi connectivity index (χ2n) is 7.28. The van der Waals surface area contributed by atoms with E-state index in [2.05, 4.69) is 11.5 Å². The minimum Gasteiger partial charge on any atom is -0.489 e. The highest BCUT2D eigenvalue weighted by atomic mass is 35.5. The summed E-state index contributed by atoms with van der Waals surface area (Å²) in [4.78, 5) is 25.7. The lowest BCUT2D eigenvalue weighted by molar-refractivity contribution is -0.123. The quantitative estimate of drug-likeness (QED) is 0.348. The molecular formula is C25H19ClN2O3S2. The molecule has 8 heteroatoms. The van der Waals surface area contributed by atoms with Gasteiger partial charge in [0.2, 0.25) is 0 Å². The molecule has 3 aromatic rings. The molecule has 1 saturated heterocycles. The molecule has 166 valence electrons. The zero-order valence-electron chi connectivity index (χ0n) is 17.6. The van der Waals surface area contributed by atoms with Crippen LogP contribution in [0.5, 0.6) is 5.75 Å². The van der Waals surface area contributed by atoms with Gasteiger partial charge >= 0.3 is 0 Å². The van der Waals surface area contributed by atoms with Crippen molar-refractivity contribution in [2.75, 3.05) is 0 Å². The Labute approximate surface area is 206 Å². The summed E-state index contributed by atoms with van der Waals surface area (Å²) in [6.45, 7) is 2.52. The fraction of sp³-hybridized carbons (Fsp3) is 0.0800. The third-order valence-electron chi connectivity index (χ3n) is 4.79. The van der Waals surface area contributed by atoms with E-state index in [0.717, 1.165) is 33.6 Å². The summed E-state index contributed by atoms with van der Waals surface area (Å²) in [5.74, 6) is -0.174. The van der Waals surface area contributed by atoms with Crippen LogP contribution in [0.15, 0.2) is 77.7 Å². The van der Waals surface area contributed by atoms with Crippen molar-refractivity contribution in [3.05, 3.63) is 105 Å². The number of benzene rings is 3. The van der Waals surface area contributed by atoms with Crippen molar-refractivity contribution in [3.8, 4) is 5.75 Å². The van der Waals surface area contributed by atoms with Crippen LogP contribution in [0.2, 0.25) is 5.02 Å². The Balaban J connectivity index is 1.40. The highest BCUT2D eigenvalue weighted by Gasteiger charge is 2.34. The van der Waals surface area contributed by atoms with Gasteiger partial charge in [-0.25, -0.2) is 0 Å². The zero-order chi connectivity index (χ0) is 23.4. The lowest BCUT2D eigenvalue weighted by Crippen LogP contribution is -2.44. The third kappa shape index (κ3) is 5.63. The molecule has 2 amide bonds. The van der Waals surface area contributed by atoms with E-state index >= 15 is 0 Å². The van der Waals surface area contributed by atoms with E-state index in [4.69, 9.17) is 28.6 Å². The first-order valence-corrected chi connectivity index (χ1v) is 11.6. The van der Waals surface area contributed by atoms with Crippen molar-refractivity contribution in [1.82, 2.24) is 10.4 Å². The third-order valence-corrected chi connectivity index (χ3v) is 6.42. The molecule has 0 bridgehead atoms. The van der Waals surface area contributed by atoms with Crippen LogP contribution in [-0.2, 0) is 11.4 Å². The van der Waals surface area contributed by atoms with Gasteiger partial charge in [-0.3, -0.25) is 15.0 Å². The maximum atomic E-state index is 12.8. The number of thiocarbonyl (C=S) groups is 1. The molecule has 1 aliphatic rings. The van der Waals surface area contributed by atoms with Crippen LogP contribution in [0.25, 0.3) is 6.08 Å². The number of ether oxygens (including phenoxy) is 1. The van der Waals surface area contributed by atoms with E-state index in [1.807, 2.05) is 49.4 Å². The number of rotatable bonds is 6. The number of carbonyl (C=O) groups excluding carboxylic acids is 2. The first kappa shape index (κ1) is 23.0. The van der Waals surface area contributed by atoms with Gasteiger partial charge in [0.05, 0.1) is 15.5 Å². The number of halogens is 1. The Morgan fingerprint density at radius 3 is 2.61 bits per heavy atom. The van der Waals surface area contributed by atoms with E-state index in [0.29, 0.717) is 16.5 Å². The fourth-order valence-electron chi connectivity index (χ4n) is 3.15. The van der Waals surface area contributed by atoms with E-state index in [-0.39, 0.29) is 9.88 Å². The second kappa shape index (κ2) is 10.2. The van der Waals surface area contributed by atoms with Gasteiger partial charge in [-0.2, -0.15) is 5.01 Å². The highest BCUT2D eigenvalue weighted by molar-refractivity contribution is 8.26. The predicted octanol–water partition coefficient (Wildman–Crippen LogP) is 5.77. The van der Waals surface area contributed by atoms with Crippen molar-refractivity contribution >= 4 is 57.8 Å². The molecule has 0 unspecified atom stereocenters. The lowest BCUT2D eigenvalue weighted by Gasteiger charge is -2.16. The smallest absolute Gasteiger partial charge is 0.285 e. The Kier molecular flexibility index (Phi) is 7.13. The normalized spacial score (nSPS) is 14.6. The number of thioether (sulfide) groups is 1.